The van der Waals surface area contributed by atoms with E-state index in [0.29, 0.717) is 43.9 Å². The fraction of sp³-hybridized carbons (Fsp3) is 0.526. The predicted octanol–water partition coefficient (Wildman–Crippen LogP) is 3.11. The van der Waals surface area contributed by atoms with Crippen molar-refractivity contribution in [1.29, 1.82) is 0 Å². The molecular weight excluding hydrogens is 453 g/mol. The Kier molecular flexibility index (Phi) is 5.88. The van der Waals surface area contributed by atoms with Gasteiger partial charge in [0.2, 0.25) is 0 Å². The lowest BCUT2D eigenvalue weighted by molar-refractivity contribution is -0.389. The van der Waals surface area contributed by atoms with E-state index in [4.69, 9.17) is 4.74 Å². The summed E-state index contributed by atoms with van der Waals surface area (Å²) in [7, 11) is -1.34. The van der Waals surface area contributed by atoms with Gasteiger partial charge in [0.1, 0.15) is 17.5 Å². The molecule has 2 aromatic rings. The van der Waals surface area contributed by atoms with Gasteiger partial charge in [-0.15, -0.1) is 13.2 Å². The van der Waals surface area contributed by atoms with Crippen molar-refractivity contribution < 1.29 is 31.8 Å². The van der Waals surface area contributed by atoms with Crippen molar-refractivity contribution >= 4 is 16.6 Å². The highest BCUT2D eigenvalue weighted by molar-refractivity contribution is 7.85. The van der Waals surface area contributed by atoms with E-state index in [2.05, 4.69) is 14.6 Å². The lowest BCUT2D eigenvalue weighted by Gasteiger charge is -2.35. The number of alkyl halides is 3. The van der Waals surface area contributed by atoms with Crippen LogP contribution in [0.1, 0.15) is 19.8 Å². The minimum atomic E-state index is -4.76. The summed E-state index contributed by atoms with van der Waals surface area (Å²) in [6.45, 7) is 4.33. The van der Waals surface area contributed by atoms with Crippen LogP contribution >= 0.6 is 0 Å². The molecule has 0 bridgehead atoms. The van der Waals surface area contributed by atoms with Gasteiger partial charge in [-0.25, -0.2) is 0 Å². The number of imidazole rings is 1. The van der Waals surface area contributed by atoms with E-state index < -0.39 is 27.7 Å². The molecule has 0 amide bonds. The van der Waals surface area contributed by atoms with Crippen LogP contribution in [0.25, 0.3) is 0 Å². The Morgan fingerprint density at radius 3 is 2.53 bits per heavy atom. The summed E-state index contributed by atoms with van der Waals surface area (Å²) in [6, 6.07) is 5.37. The first-order valence-electron chi connectivity index (χ1n) is 9.91. The molecule has 9 nitrogen and oxygen atoms in total. The number of hydrogen-bond acceptors (Lipinski definition) is 7. The molecule has 2 aliphatic heterocycles. The van der Waals surface area contributed by atoms with Crippen LogP contribution in [-0.2, 0) is 17.3 Å². The molecule has 13 heteroatoms. The van der Waals surface area contributed by atoms with Crippen LogP contribution in [0.15, 0.2) is 35.4 Å². The molecule has 0 N–H and O–H groups in total. The fourth-order valence-electron chi connectivity index (χ4n) is 4.09. The summed E-state index contributed by atoms with van der Waals surface area (Å²) in [5, 5.41) is 10.7. The van der Waals surface area contributed by atoms with Crippen molar-refractivity contribution in [3.8, 4) is 11.8 Å². The smallest absolute Gasteiger partial charge is 0.436 e. The third kappa shape index (κ3) is 5.04. The lowest BCUT2D eigenvalue weighted by atomic mass is 10.0. The Morgan fingerprint density at radius 2 is 1.97 bits per heavy atom. The first-order valence-corrected chi connectivity index (χ1v) is 11.1. The van der Waals surface area contributed by atoms with Gasteiger partial charge in [0.05, 0.1) is 17.3 Å². The molecule has 0 spiro atoms. The Labute approximate surface area is 183 Å². The molecule has 2 aliphatic rings. The summed E-state index contributed by atoms with van der Waals surface area (Å²) in [6.07, 6.45) is -2.07. The van der Waals surface area contributed by atoms with Crippen molar-refractivity contribution in [3.05, 3.63) is 40.6 Å². The van der Waals surface area contributed by atoms with Gasteiger partial charge in [-0.3, -0.25) is 13.7 Å². The van der Waals surface area contributed by atoms with E-state index in [0.717, 1.165) is 0 Å². The second-order valence-corrected chi connectivity index (χ2v) is 9.84. The number of likely N-dealkylation sites (tertiary alicyclic amines) is 1. The molecule has 3 heterocycles. The monoisotopic (exact) mass is 474 g/mol. The number of rotatable bonds is 6. The fourth-order valence-corrected chi connectivity index (χ4v) is 5.51. The zero-order valence-corrected chi connectivity index (χ0v) is 17.9. The van der Waals surface area contributed by atoms with Gasteiger partial charge in [-0.2, -0.15) is 0 Å². The van der Waals surface area contributed by atoms with E-state index in [1.165, 1.54) is 30.5 Å². The molecule has 0 radical (unpaired) electrons. The average Bonchev–Trinajstić information content (AvgIpc) is 3.22. The van der Waals surface area contributed by atoms with Gasteiger partial charge in [-0.1, -0.05) is 0 Å². The van der Waals surface area contributed by atoms with E-state index in [1.807, 2.05) is 6.92 Å². The normalized spacial score (nSPS) is 22.9. The van der Waals surface area contributed by atoms with Crippen LogP contribution < -0.4 is 9.47 Å². The first kappa shape index (κ1) is 22.5. The van der Waals surface area contributed by atoms with Crippen LogP contribution in [0, 0.1) is 10.1 Å². The topological polar surface area (TPSA) is 99.7 Å². The number of nitrogens with zero attached hydrogens (tertiary/aromatic N) is 4. The van der Waals surface area contributed by atoms with Gasteiger partial charge < -0.3 is 19.6 Å². The van der Waals surface area contributed by atoms with Crippen molar-refractivity contribution in [1.82, 2.24) is 14.5 Å². The predicted molar refractivity (Wildman–Crippen MR) is 107 cm³/mol. The maximum absolute atomic E-state index is 12.8. The molecule has 1 saturated heterocycles. The first-order chi connectivity index (χ1) is 15.0. The highest BCUT2D eigenvalue weighted by Gasteiger charge is 2.42. The number of hydrogen-bond donors (Lipinski definition) is 0. The van der Waals surface area contributed by atoms with Gasteiger partial charge in [0.15, 0.2) is 0 Å². The Balaban J connectivity index is 1.29. The number of aromatic nitrogens is 2. The summed E-state index contributed by atoms with van der Waals surface area (Å²) in [5.74, 6) is -0.591. The molecule has 4 rings (SSSR count). The third-order valence-corrected chi connectivity index (χ3v) is 7.26. The SMILES string of the molecule is CC1(CN2CCC(S(=O)c3ccc(OC(F)(F)F)cc3)CC2)Cn2cc([N+](=O)[O-])nc2O1. The molecule has 1 fully saturated rings. The minimum Gasteiger partial charge on any atom is -0.436 e. The van der Waals surface area contributed by atoms with Crippen LogP contribution in [0.2, 0.25) is 0 Å². The van der Waals surface area contributed by atoms with Crippen LogP contribution in [-0.4, -0.2) is 60.4 Å². The second kappa shape index (κ2) is 8.35. The maximum atomic E-state index is 12.8. The van der Waals surface area contributed by atoms with Crippen molar-refractivity contribution in [2.24, 2.45) is 0 Å². The van der Waals surface area contributed by atoms with Crippen LogP contribution in [0.4, 0.5) is 19.0 Å². The van der Waals surface area contributed by atoms with Crippen LogP contribution in [0.3, 0.4) is 0 Å². The van der Waals surface area contributed by atoms with Crippen LogP contribution in [0.5, 0.6) is 11.8 Å². The van der Waals surface area contributed by atoms with E-state index >= 15 is 0 Å². The average molecular weight is 474 g/mol. The highest BCUT2D eigenvalue weighted by Crippen LogP contribution is 2.32. The van der Waals surface area contributed by atoms with Crippen molar-refractivity contribution in [3.63, 3.8) is 0 Å². The van der Waals surface area contributed by atoms with Crippen molar-refractivity contribution in [2.45, 2.75) is 48.4 Å². The maximum Gasteiger partial charge on any atom is 0.573 e. The van der Waals surface area contributed by atoms with Gasteiger partial charge in [0.25, 0.3) is 0 Å². The Bertz CT molecular complexity index is 995. The zero-order chi connectivity index (χ0) is 23.1. The molecule has 0 saturated carbocycles. The summed E-state index contributed by atoms with van der Waals surface area (Å²) >= 11 is 0. The van der Waals surface area contributed by atoms with Gasteiger partial charge in [-0.05, 0) is 62.0 Å². The summed E-state index contributed by atoms with van der Waals surface area (Å²) < 4.78 is 61.0. The quantitative estimate of drug-likeness (QED) is 0.469. The molecule has 1 aromatic carbocycles. The number of benzene rings is 1. The Morgan fingerprint density at radius 1 is 1.31 bits per heavy atom. The number of fused-ring (bicyclic) bond motifs is 1. The second-order valence-electron chi connectivity index (χ2n) is 8.11. The van der Waals surface area contributed by atoms with Crippen molar-refractivity contribution in [2.75, 3.05) is 19.6 Å². The number of piperidine rings is 1. The standard InChI is InChI=1S/C19H21F3N4O5S/c1-18(12-25-10-16(26(27)28)23-17(25)31-18)11-24-8-6-15(7-9-24)32(29)14-4-2-13(3-5-14)30-19(20,21)22/h2-5,10,15H,6-9,11-12H2,1H3. The highest BCUT2D eigenvalue weighted by atomic mass is 32.2. The molecule has 1 aromatic heterocycles. The summed E-state index contributed by atoms with van der Waals surface area (Å²) in [5.41, 5.74) is -0.572. The Hall–Kier alpha value is -2.67. The molecule has 2 unspecified atom stereocenters. The number of nitro groups is 1. The minimum absolute atomic E-state index is 0.101. The molecule has 174 valence electrons. The number of ether oxygens (including phenoxy) is 2. The third-order valence-electron chi connectivity index (χ3n) is 5.44. The largest absolute Gasteiger partial charge is 0.573 e. The molecule has 0 aliphatic carbocycles. The molecule has 2 atom stereocenters. The van der Waals surface area contributed by atoms with Gasteiger partial charge >= 0.3 is 18.2 Å². The molecular formula is C19H21F3N4O5S. The lowest BCUT2D eigenvalue weighted by Crippen LogP contribution is -2.48. The number of halogens is 3. The zero-order valence-electron chi connectivity index (χ0n) is 17.1. The summed E-state index contributed by atoms with van der Waals surface area (Å²) in [4.78, 5) is 16.8. The van der Waals surface area contributed by atoms with Gasteiger partial charge in [0, 0.05) is 21.7 Å². The van der Waals surface area contributed by atoms with E-state index in [1.54, 1.807) is 4.57 Å². The van der Waals surface area contributed by atoms with E-state index in [-0.39, 0.29) is 22.8 Å². The molecule has 32 heavy (non-hydrogen) atoms. The van der Waals surface area contributed by atoms with E-state index in [9.17, 15) is 27.5 Å².